The molecule has 1 rings (SSSR count). The van der Waals surface area contributed by atoms with E-state index in [9.17, 15) is 0 Å². The zero-order valence-corrected chi connectivity index (χ0v) is 13.4. The molecule has 1 unspecified atom stereocenters. The molecule has 20 heavy (non-hydrogen) atoms. The molecule has 0 aromatic heterocycles. The Morgan fingerprint density at radius 1 is 1.15 bits per heavy atom. The molecule has 0 aliphatic heterocycles. The van der Waals surface area contributed by atoms with Crippen molar-refractivity contribution in [2.75, 3.05) is 34.9 Å². The van der Waals surface area contributed by atoms with Gasteiger partial charge < -0.3 is 20.1 Å². The van der Waals surface area contributed by atoms with Crippen LogP contribution in [0.15, 0.2) is 18.2 Å². The summed E-state index contributed by atoms with van der Waals surface area (Å²) in [5, 5.41) is 0. The summed E-state index contributed by atoms with van der Waals surface area (Å²) in [6, 6.07) is 5.97. The van der Waals surface area contributed by atoms with E-state index < -0.39 is 0 Å². The molecule has 0 saturated carbocycles. The predicted octanol–water partition coefficient (Wildman–Crippen LogP) is 2.61. The second-order valence-electron chi connectivity index (χ2n) is 5.57. The Morgan fingerprint density at radius 3 is 2.30 bits per heavy atom. The van der Waals surface area contributed by atoms with Gasteiger partial charge in [-0.05, 0) is 38.2 Å². The van der Waals surface area contributed by atoms with E-state index in [0.717, 1.165) is 42.9 Å². The van der Waals surface area contributed by atoms with Gasteiger partial charge in [-0.15, -0.1) is 0 Å². The summed E-state index contributed by atoms with van der Waals surface area (Å²) in [5.41, 5.74) is 7.42. The van der Waals surface area contributed by atoms with Crippen molar-refractivity contribution in [1.82, 2.24) is 4.90 Å². The van der Waals surface area contributed by atoms with Crippen LogP contribution < -0.4 is 15.2 Å². The number of nitrogens with zero attached hydrogens (tertiary/aromatic N) is 1. The zero-order valence-electron chi connectivity index (χ0n) is 13.4. The Bertz CT molecular complexity index is 421. The van der Waals surface area contributed by atoms with Crippen molar-refractivity contribution in [3.63, 3.8) is 0 Å². The van der Waals surface area contributed by atoms with Gasteiger partial charge in [0.05, 0.1) is 19.8 Å². The highest BCUT2D eigenvalue weighted by molar-refractivity contribution is 5.45. The van der Waals surface area contributed by atoms with Crippen molar-refractivity contribution in [3.05, 3.63) is 23.8 Å². The van der Waals surface area contributed by atoms with Gasteiger partial charge in [0.15, 0.2) is 11.5 Å². The first-order valence-electron chi connectivity index (χ1n) is 7.13. The Kier molecular flexibility index (Phi) is 6.30. The number of ether oxygens (including phenoxy) is 2. The number of nitrogens with two attached hydrogens (primary N) is 1. The molecule has 4 heteroatoms. The number of likely N-dealkylation sites (N-methyl/N-ethyl adjacent to an activating group) is 1. The lowest BCUT2D eigenvalue weighted by Crippen LogP contribution is -2.45. The van der Waals surface area contributed by atoms with E-state index in [4.69, 9.17) is 15.2 Å². The Morgan fingerprint density at radius 2 is 1.80 bits per heavy atom. The Labute approximate surface area is 122 Å². The fraction of sp³-hybridized carbons (Fsp3) is 0.625. The largest absolute Gasteiger partial charge is 0.493 e. The molecular formula is C16H28N2O2. The van der Waals surface area contributed by atoms with Crippen molar-refractivity contribution >= 4 is 0 Å². The summed E-state index contributed by atoms with van der Waals surface area (Å²) >= 11 is 0. The molecule has 0 radical (unpaired) electrons. The molecule has 0 heterocycles. The fourth-order valence-corrected chi connectivity index (χ4v) is 2.52. The summed E-state index contributed by atoms with van der Waals surface area (Å²) in [5.74, 6) is 1.47. The second kappa shape index (κ2) is 7.50. The second-order valence-corrected chi connectivity index (χ2v) is 5.57. The van der Waals surface area contributed by atoms with Crippen LogP contribution in [0.1, 0.15) is 31.7 Å². The molecule has 0 fully saturated rings. The maximum atomic E-state index is 6.68. The van der Waals surface area contributed by atoms with Crippen LogP contribution in [0.25, 0.3) is 0 Å². The molecule has 0 aliphatic rings. The van der Waals surface area contributed by atoms with Gasteiger partial charge >= 0.3 is 0 Å². The lowest BCUT2D eigenvalue weighted by Gasteiger charge is -2.33. The highest BCUT2D eigenvalue weighted by Crippen LogP contribution is 2.33. The molecule has 1 aromatic rings. The number of benzene rings is 1. The highest BCUT2D eigenvalue weighted by Gasteiger charge is 2.28. The Hall–Kier alpha value is -1.26. The average molecular weight is 280 g/mol. The first-order chi connectivity index (χ1) is 9.46. The van der Waals surface area contributed by atoms with E-state index >= 15 is 0 Å². The number of unbranched alkanes of at least 4 members (excludes halogenated alkanes) is 1. The maximum Gasteiger partial charge on any atom is 0.161 e. The third-order valence-corrected chi connectivity index (χ3v) is 3.53. The van der Waals surface area contributed by atoms with Crippen LogP contribution in [0.2, 0.25) is 0 Å². The van der Waals surface area contributed by atoms with E-state index in [0.29, 0.717) is 0 Å². The van der Waals surface area contributed by atoms with Gasteiger partial charge in [-0.25, -0.2) is 0 Å². The smallest absolute Gasteiger partial charge is 0.161 e. The molecule has 2 N–H and O–H groups in total. The molecule has 0 bridgehead atoms. The van der Waals surface area contributed by atoms with Crippen molar-refractivity contribution in [1.29, 1.82) is 0 Å². The molecule has 1 aromatic carbocycles. The summed E-state index contributed by atoms with van der Waals surface area (Å²) in [6.45, 7) is 2.99. The van der Waals surface area contributed by atoms with E-state index in [1.165, 1.54) is 0 Å². The molecule has 1 atom stereocenters. The third kappa shape index (κ3) is 4.12. The van der Waals surface area contributed by atoms with Gasteiger partial charge in [-0.2, -0.15) is 0 Å². The minimum Gasteiger partial charge on any atom is -0.493 e. The van der Waals surface area contributed by atoms with Crippen LogP contribution in [0.4, 0.5) is 0 Å². The van der Waals surface area contributed by atoms with Crippen LogP contribution in [0.5, 0.6) is 11.5 Å². The summed E-state index contributed by atoms with van der Waals surface area (Å²) in [6.07, 6.45) is 3.20. The van der Waals surface area contributed by atoms with Gasteiger partial charge in [0.1, 0.15) is 0 Å². The molecule has 0 amide bonds. The van der Waals surface area contributed by atoms with E-state index in [-0.39, 0.29) is 5.54 Å². The summed E-state index contributed by atoms with van der Waals surface area (Å²) in [7, 11) is 7.39. The number of rotatable bonds is 8. The SMILES string of the molecule is CCCCC(N)(CN(C)C)c1ccc(OC)c(OC)c1. The Balaban J connectivity index is 3.12. The summed E-state index contributed by atoms with van der Waals surface area (Å²) < 4.78 is 10.7. The molecule has 0 aliphatic carbocycles. The maximum absolute atomic E-state index is 6.68. The van der Waals surface area contributed by atoms with Gasteiger partial charge in [-0.3, -0.25) is 0 Å². The fourth-order valence-electron chi connectivity index (χ4n) is 2.52. The van der Waals surface area contributed by atoms with Crippen LogP contribution in [0.3, 0.4) is 0 Å². The normalized spacial score (nSPS) is 14.2. The topological polar surface area (TPSA) is 47.7 Å². The first kappa shape index (κ1) is 16.8. The van der Waals surface area contributed by atoms with Gasteiger partial charge in [0.25, 0.3) is 0 Å². The van der Waals surface area contributed by atoms with Crippen LogP contribution in [0, 0.1) is 0 Å². The first-order valence-corrected chi connectivity index (χ1v) is 7.13. The predicted molar refractivity (Wildman–Crippen MR) is 83.5 cm³/mol. The average Bonchev–Trinajstić information content (AvgIpc) is 2.43. The third-order valence-electron chi connectivity index (χ3n) is 3.53. The zero-order chi connectivity index (χ0) is 15.2. The molecular weight excluding hydrogens is 252 g/mol. The van der Waals surface area contributed by atoms with Crippen molar-refractivity contribution in [3.8, 4) is 11.5 Å². The van der Waals surface area contributed by atoms with Gasteiger partial charge in [0.2, 0.25) is 0 Å². The monoisotopic (exact) mass is 280 g/mol. The van der Waals surface area contributed by atoms with E-state index in [2.05, 4.69) is 11.8 Å². The van der Waals surface area contributed by atoms with E-state index in [1.807, 2.05) is 32.3 Å². The molecule has 0 saturated heterocycles. The van der Waals surface area contributed by atoms with Gasteiger partial charge in [-0.1, -0.05) is 25.8 Å². The number of methoxy groups -OCH3 is 2. The van der Waals surface area contributed by atoms with Crippen LogP contribution >= 0.6 is 0 Å². The van der Waals surface area contributed by atoms with E-state index in [1.54, 1.807) is 14.2 Å². The lowest BCUT2D eigenvalue weighted by atomic mass is 9.85. The number of hydrogen-bond acceptors (Lipinski definition) is 4. The molecule has 0 spiro atoms. The highest BCUT2D eigenvalue weighted by atomic mass is 16.5. The lowest BCUT2D eigenvalue weighted by molar-refractivity contribution is 0.265. The standard InChI is InChI=1S/C16H28N2O2/c1-6-7-10-16(17,12-18(2)3)13-8-9-14(19-4)15(11-13)20-5/h8-9,11H,6-7,10,12,17H2,1-5H3. The summed E-state index contributed by atoms with van der Waals surface area (Å²) in [4.78, 5) is 2.13. The molecule has 114 valence electrons. The van der Waals surface area contributed by atoms with Crippen molar-refractivity contribution in [2.45, 2.75) is 31.7 Å². The van der Waals surface area contributed by atoms with Crippen molar-refractivity contribution < 1.29 is 9.47 Å². The minimum atomic E-state index is -0.362. The quantitative estimate of drug-likeness (QED) is 0.795. The minimum absolute atomic E-state index is 0.362. The van der Waals surface area contributed by atoms with Crippen LogP contribution in [-0.4, -0.2) is 39.8 Å². The van der Waals surface area contributed by atoms with Gasteiger partial charge in [0, 0.05) is 6.54 Å². The van der Waals surface area contributed by atoms with Crippen LogP contribution in [-0.2, 0) is 5.54 Å². The molecule has 4 nitrogen and oxygen atoms in total. The van der Waals surface area contributed by atoms with Crippen molar-refractivity contribution in [2.24, 2.45) is 5.73 Å². The number of hydrogen-bond donors (Lipinski definition) is 1.